The third-order valence-corrected chi connectivity index (χ3v) is 4.89. The minimum absolute atomic E-state index is 0.296. The average molecular weight is 308 g/mol. The first-order valence-corrected chi connectivity index (χ1v) is 7.25. The van der Waals surface area contributed by atoms with Crippen molar-refractivity contribution in [3.8, 4) is 0 Å². The van der Waals surface area contributed by atoms with Crippen molar-refractivity contribution < 1.29 is 4.55 Å². The van der Waals surface area contributed by atoms with E-state index >= 15 is 0 Å². The fourth-order valence-electron chi connectivity index (χ4n) is 0.815. The monoisotopic (exact) mass is 307 g/mol. The summed E-state index contributed by atoms with van der Waals surface area (Å²) >= 11 is 3.81. The molecule has 0 aromatic carbocycles. The molecule has 0 aliphatic heterocycles. The van der Waals surface area contributed by atoms with E-state index in [1.807, 2.05) is 39.8 Å². The van der Waals surface area contributed by atoms with E-state index in [0.29, 0.717) is 0 Å². The van der Waals surface area contributed by atoms with Crippen LogP contribution in [0.3, 0.4) is 0 Å². The standard InChI is InChI=1S/C10H14BrNOS2/c1-7(8-5-6-9(11)14-8)12-15(13)10(2,3)4/h5-6H,1-4H3/b12-7+/t15-/m1/s1. The molecule has 0 N–H and O–H groups in total. The van der Waals surface area contributed by atoms with Crippen molar-refractivity contribution in [2.45, 2.75) is 32.4 Å². The van der Waals surface area contributed by atoms with Gasteiger partial charge in [0.05, 0.1) is 8.66 Å². The number of hydrogen-bond donors (Lipinski definition) is 0. The van der Waals surface area contributed by atoms with Gasteiger partial charge in [0.25, 0.3) is 0 Å². The Hall–Kier alpha value is 0.160. The fourth-order valence-corrected chi connectivity index (χ4v) is 2.82. The maximum Gasteiger partial charge on any atom is 0.144 e. The lowest BCUT2D eigenvalue weighted by atomic mass is 10.3. The van der Waals surface area contributed by atoms with Gasteiger partial charge < -0.3 is 4.55 Å². The Labute approximate surface area is 106 Å². The molecule has 0 radical (unpaired) electrons. The van der Waals surface area contributed by atoms with Crippen LogP contribution in [0.4, 0.5) is 0 Å². The molecule has 0 saturated heterocycles. The first kappa shape index (κ1) is 13.2. The summed E-state index contributed by atoms with van der Waals surface area (Å²) in [6, 6.07) is 3.95. The van der Waals surface area contributed by atoms with Crippen molar-refractivity contribution in [1.29, 1.82) is 0 Å². The van der Waals surface area contributed by atoms with E-state index in [0.717, 1.165) is 14.4 Å². The lowest BCUT2D eigenvalue weighted by Gasteiger charge is -2.18. The van der Waals surface area contributed by atoms with E-state index in [1.54, 1.807) is 11.3 Å². The zero-order valence-corrected chi connectivity index (χ0v) is 12.4. The summed E-state index contributed by atoms with van der Waals surface area (Å²) in [6.45, 7) is 7.65. The Kier molecular flexibility index (Phi) is 4.40. The maximum atomic E-state index is 11.8. The lowest BCUT2D eigenvalue weighted by molar-refractivity contribution is 0.561. The van der Waals surface area contributed by atoms with Gasteiger partial charge in [-0.25, -0.2) is 0 Å². The van der Waals surface area contributed by atoms with Crippen LogP contribution in [0.1, 0.15) is 32.6 Å². The van der Waals surface area contributed by atoms with Crippen LogP contribution in [0.25, 0.3) is 0 Å². The Morgan fingerprint density at radius 2 is 2.07 bits per heavy atom. The number of thiophene rings is 1. The van der Waals surface area contributed by atoms with Gasteiger partial charge in [-0.15, -0.1) is 11.3 Å². The van der Waals surface area contributed by atoms with Crippen LogP contribution in [0.5, 0.6) is 0 Å². The molecule has 0 bridgehead atoms. The summed E-state index contributed by atoms with van der Waals surface area (Å²) in [5.41, 5.74) is 0.832. The van der Waals surface area contributed by atoms with Crippen molar-refractivity contribution in [2.24, 2.45) is 4.40 Å². The highest BCUT2D eigenvalue weighted by Crippen LogP contribution is 2.24. The molecule has 0 unspecified atom stereocenters. The quantitative estimate of drug-likeness (QED) is 0.605. The van der Waals surface area contributed by atoms with Crippen LogP contribution in [-0.4, -0.2) is 15.0 Å². The van der Waals surface area contributed by atoms with E-state index in [9.17, 15) is 4.55 Å². The summed E-state index contributed by atoms with van der Waals surface area (Å²) in [7, 11) is 0. The molecule has 0 amide bonds. The van der Waals surface area contributed by atoms with Crippen molar-refractivity contribution in [1.82, 2.24) is 0 Å². The number of nitrogens with zero attached hydrogens (tertiary/aromatic N) is 1. The van der Waals surface area contributed by atoms with Crippen molar-refractivity contribution in [3.05, 3.63) is 20.8 Å². The summed E-state index contributed by atoms with van der Waals surface area (Å²) in [5.74, 6) is 0. The molecule has 0 aliphatic carbocycles. The highest BCUT2D eigenvalue weighted by molar-refractivity contribution is 9.11. The topological polar surface area (TPSA) is 35.4 Å². The smallest absolute Gasteiger partial charge is 0.144 e. The molecule has 84 valence electrons. The molecule has 0 aliphatic rings. The SMILES string of the molecule is C/C(=N\[S@+]([O-])C(C)(C)C)c1ccc(Br)s1. The summed E-state index contributed by atoms with van der Waals surface area (Å²) in [4.78, 5) is 1.06. The Bertz CT molecular complexity index is 368. The third-order valence-electron chi connectivity index (χ3n) is 1.67. The molecule has 2 nitrogen and oxygen atoms in total. The molecular weight excluding hydrogens is 294 g/mol. The van der Waals surface area contributed by atoms with Gasteiger partial charge >= 0.3 is 0 Å². The van der Waals surface area contributed by atoms with Gasteiger partial charge in [0.1, 0.15) is 21.8 Å². The van der Waals surface area contributed by atoms with Crippen molar-refractivity contribution in [2.75, 3.05) is 0 Å². The molecule has 1 rings (SSSR count). The van der Waals surface area contributed by atoms with Gasteiger partial charge in [-0.1, -0.05) is 4.40 Å². The number of hydrogen-bond acceptors (Lipinski definition) is 3. The number of rotatable bonds is 2. The van der Waals surface area contributed by atoms with Gasteiger partial charge in [-0.3, -0.25) is 0 Å². The Morgan fingerprint density at radius 3 is 2.47 bits per heavy atom. The molecule has 0 saturated carbocycles. The van der Waals surface area contributed by atoms with Gasteiger partial charge in [0, 0.05) is 0 Å². The average Bonchev–Trinajstić information content (AvgIpc) is 2.50. The molecule has 1 aromatic rings. The van der Waals surface area contributed by atoms with Crippen LogP contribution < -0.4 is 0 Å². The Morgan fingerprint density at radius 1 is 1.47 bits per heavy atom. The van der Waals surface area contributed by atoms with Crippen LogP contribution in [0.15, 0.2) is 20.3 Å². The molecule has 0 spiro atoms. The zero-order valence-electron chi connectivity index (χ0n) is 9.20. The van der Waals surface area contributed by atoms with Gasteiger partial charge in [-0.05, 0) is 55.8 Å². The minimum atomic E-state index is -1.18. The van der Waals surface area contributed by atoms with Gasteiger partial charge in [0.2, 0.25) is 0 Å². The molecular formula is C10H14BrNOS2. The molecule has 0 fully saturated rings. The Balaban J connectivity index is 2.85. The third kappa shape index (κ3) is 3.90. The summed E-state index contributed by atoms with van der Waals surface area (Å²) in [6.07, 6.45) is 0. The first-order chi connectivity index (χ1) is 6.80. The fraction of sp³-hybridized carbons (Fsp3) is 0.500. The van der Waals surface area contributed by atoms with E-state index < -0.39 is 11.4 Å². The number of halogens is 1. The highest BCUT2D eigenvalue weighted by atomic mass is 79.9. The second kappa shape index (κ2) is 4.99. The predicted molar refractivity (Wildman–Crippen MR) is 72.1 cm³/mol. The predicted octanol–water partition coefficient (Wildman–Crippen LogP) is 3.78. The van der Waals surface area contributed by atoms with Gasteiger partial charge in [-0.2, -0.15) is 0 Å². The maximum absolute atomic E-state index is 11.8. The van der Waals surface area contributed by atoms with Gasteiger partial charge in [0.15, 0.2) is 0 Å². The van der Waals surface area contributed by atoms with E-state index in [1.165, 1.54) is 0 Å². The van der Waals surface area contributed by atoms with Crippen molar-refractivity contribution in [3.63, 3.8) is 0 Å². The van der Waals surface area contributed by atoms with Crippen LogP contribution >= 0.6 is 27.3 Å². The lowest BCUT2D eigenvalue weighted by Crippen LogP contribution is -2.26. The molecule has 1 heterocycles. The van der Waals surface area contributed by atoms with Crippen LogP contribution in [0.2, 0.25) is 0 Å². The highest BCUT2D eigenvalue weighted by Gasteiger charge is 2.26. The van der Waals surface area contributed by atoms with Crippen LogP contribution in [-0.2, 0) is 11.4 Å². The molecule has 1 atom stereocenters. The van der Waals surface area contributed by atoms with Crippen molar-refractivity contribution >= 4 is 44.3 Å². The summed E-state index contributed by atoms with van der Waals surface area (Å²) in [5, 5.41) is 0. The summed E-state index contributed by atoms with van der Waals surface area (Å²) < 4.78 is 16.7. The second-order valence-electron chi connectivity index (χ2n) is 4.14. The molecule has 5 heteroatoms. The second-order valence-corrected chi connectivity index (χ2v) is 8.51. The normalized spacial score (nSPS) is 15.5. The first-order valence-electron chi connectivity index (χ1n) is 4.53. The largest absolute Gasteiger partial charge is 0.591 e. The van der Waals surface area contributed by atoms with E-state index in [4.69, 9.17) is 0 Å². The zero-order chi connectivity index (χ0) is 11.6. The van der Waals surface area contributed by atoms with E-state index in [2.05, 4.69) is 20.3 Å². The molecule has 15 heavy (non-hydrogen) atoms. The van der Waals surface area contributed by atoms with E-state index in [-0.39, 0.29) is 4.75 Å². The van der Waals surface area contributed by atoms with Crippen LogP contribution in [0, 0.1) is 0 Å². The minimum Gasteiger partial charge on any atom is -0.591 e. The molecule has 1 aromatic heterocycles.